The maximum absolute atomic E-state index is 6.51. The molecule has 1 aromatic carbocycles. The molecular weight excluding hydrogens is 246 g/mol. The van der Waals surface area contributed by atoms with Gasteiger partial charge in [-0.25, -0.2) is 0 Å². The molecule has 2 aliphatic rings. The first-order valence-electron chi connectivity index (χ1n) is 8.13. The van der Waals surface area contributed by atoms with Gasteiger partial charge in [-0.05, 0) is 37.4 Å². The van der Waals surface area contributed by atoms with Crippen LogP contribution in [0.4, 0.5) is 5.69 Å². The number of hydrogen-bond donors (Lipinski definition) is 1. The smallest absolute Gasteiger partial charge is 0.0771 e. The fourth-order valence-electron chi connectivity index (χ4n) is 3.66. The lowest BCUT2D eigenvalue weighted by molar-refractivity contribution is 0.251. The Morgan fingerprint density at radius 2 is 2.20 bits per heavy atom. The van der Waals surface area contributed by atoms with E-state index in [0.717, 1.165) is 19.5 Å². The van der Waals surface area contributed by atoms with Crippen molar-refractivity contribution in [1.29, 1.82) is 0 Å². The van der Waals surface area contributed by atoms with E-state index in [1.165, 1.54) is 43.5 Å². The summed E-state index contributed by atoms with van der Waals surface area (Å²) in [5.41, 5.74) is 9.32. The van der Waals surface area contributed by atoms with Gasteiger partial charge in [0, 0.05) is 24.8 Å². The van der Waals surface area contributed by atoms with E-state index in [2.05, 4.69) is 41.0 Å². The van der Waals surface area contributed by atoms with E-state index >= 15 is 0 Å². The number of fused-ring (bicyclic) bond motifs is 2. The summed E-state index contributed by atoms with van der Waals surface area (Å²) in [5, 5.41) is 0. The summed E-state index contributed by atoms with van der Waals surface area (Å²) in [4.78, 5) is 5.12. The van der Waals surface area contributed by atoms with Gasteiger partial charge in [-0.15, -0.1) is 0 Å². The average molecular weight is 273 g/mol. The summed E-state index contributed by atoms with van der Waals surface area (Å²) in [6, 6.07) is 9.52. The topological polar surface area (TPSA) is 32.5 Å². The highest BCUT2D eigenvalue weighted by Gasteiger charge is 2.32. The van der Waals surface area contributed by atoms with Crippen LogP contribution in [0.3, 0.4) is 0 Å². The molecule has 0 amide bonds. The molecule has 110 valence electrons. The number of anilines is 1. The Morgan fingerprint density at radius 1 is 1.35 bits per heavy atom. The van der Waals surface area contributed by atoms with Gasteiger partial charge < -0.3 is 10.6 Å². The standard InChI is InChI=1S/C17H27N3/c1-2-3-10-17(18)20-13-15-8-6-11-19(15)12-14-7-4-5-9-16(14)20/h4-5,7,9,15,17H,2-3,6,8,10-13,18H2,1H3. The first-order chi connectivity index (χ1) is 9.79. The van der Waals surface area contributed by atoms with Crippen LogP contribution in [-0.2, 0) is 6.54 Å². The van der Waals surface area contributed by atoms with Crippen molar-refractivity contribution in [3.63, 3.8) is 0 Å². The Balaban J connectivity index is 1.87. The molecule has 0 bridgehead atoms. The highest BCUT2D eigenvalue weighted by Crippen LogP contribution is 2.32. The molecule has 0 aromatic heterocycles. The van der Waals surface area contributed by atoms with Crippen LogP contribution in [0.25, 0.3) is 0 Å². The van der Waals surface area contributed by atoms with E-state index in [0.29, 0.717) is 6.04 Å². The number of para-hydroxylation sites is 1. The lowest BCUT2D eigenvalue weighted by Crippen LogP contribution is -2.47. The quantitative estimate of drug-likeness (QED) is 0.915. The van der Waals surface area contributed by atoms with E-state index < -0.39 is 0 Å². The summed E-state index contributed by atoms with van der Waals surface area (Å²) in [5.74, 6) is 0. The fraction of sp³-hybridized carbons (Fsp3) is 0.647. The van der Waals surface area contributed by atoms with Gasteiger partial charge in [0.1, 0.15) is 0 Å². The highest BCUT2D eigenvalue weighted by molar-refractivity contribution is 5.55. The number of unbranched alkanes of at least 4 members (excludes halogenated alkanes) is 1. The molecule has 20 heavy (non-hydrogen) atoms. The van der Waals surface area contributed by atoms with Crippen molar-refractivity contribution in [2.75, 3.05) is 18.0 Å². The van der Waals surface area contributed by atoms with E-state index in [4.69, 9.17) is 5.73 Å². The van der Waals surface area contributed by atoms with Crippen molar-refractivity contribution in [2.45, 2.75) is 57.8 Å². The second-order valence-corrected chi connectivity index (χ2v) is 6.26. The lowest BCUT2D eigenvalue weighted by atomic mass is 10.1. The van der Waals surface area contributed by atoms with Crippen molar-refractivity contribution in [2.24, 2.45) is 5.73 Å². The summed E-state index contributed by atoms with van der Waals surface area (Å²) in [7, 11) is 0. The number of rotatable bonds is 4. The van der Waals surface area contributed by atoms with Crippen LogP contribution in [0.5, 0.6) is 0 Å². The Hall–Kier alpha value is -1.06. The predicted octanol–water partition coefficient (Wildman–Crippen LogP) is 2.95. The zero-order chi connectivity index (χ0) is 13.9. The van der Waals surface area contributed by atoms with Crippen LogP contribution >= 0.6 is 0 Å². The van der Waals surface area contributed by atoms with E-state index in [-0.39, 0.29) is 6.17 Å². The largest absolute Gasteiger partial charge is 0.354 e. The first-order valence-corrected chi connectivity index (χ1v) is 8.13. The minimum atomic E-state index is 0.164. The number of nitrogens with zero attached hydrogens (tertiary/aromatic N) is 2. The summed E-state index contributed by atoms with van der Waals surface area (Å²) in [6.07, 6.45) is 6.36. The third-order valence-electron chi connectivity index (χ3n) is 4.83. The van der Waals surface area contributed by atoms with Gasteiger partial charge in [0.25, 0.3) is 0 Å². The Morgan fingerprint density at radius 3 is 3.05 bits per heavy atom. The van der Waals surface area contributed by atoms with Crippen molar-refractivity contribution in [1.82, 2.24) is 4.90 Å². The monoisotopic (exact) mass is 273 g/mol. The van der Waals surface area contributed by atoms with Gasteiger partial charge in [-0.1, -0.05) is 38.0 Å². The molecule has 2 heterocycles. The van der Waals surface area contributed by atoms with Gasteiger partial charge in [-0.2, -0.15) is 0 Å². The second kappa shape index (κ2) is 6.15. The Labute approximate surface area is 122 Å². The van der Waals surface area contributed by atoms with Crippen LogP contribution < -0.4 is 10.6 Å². The second-order valence-electron chi connectivity index (χ2n) is 6.26. The maximum atomic E-state index is 6.51. The molecule has 2 unspecified atom stereocenters. The fourth-order valence-corrected chi connectivity index (χ4v) is 3.66. The van der Waals surface area contributed by atoms with Crippen molar-refractivity contribution >= 4 is 5.69 Å². The Kier molecular flexibility index (Phi) is 4.27. The maximum Gasteiger partial charge on any atom is 0.0771 e. The van der Waals surface area contributed by atoms with Crippen molar-refractivity contribution < 1.29 is 0 Å². The number of benzene rings is 1. The third-order valence-corrected chi connectivity index (χ3v) is 4.83. The average Bonchev–Trinajstić information content (AvgIpc) is 2.84. The first kappa shape index (κ1) is 13.9. The molecule has 3 heteroatoms. The minimum absolute atomic E-state index is 0.164. The molecule has 3 nitrogen and oxygen atoms in total. The Bertz CT molecular complexity index is 446. The molecule has 2 N–H and O–H groups in total. The van der Waals surface area contributed by atoms with Gasteiger partial charge in [-0.3, -0.25) is 4.90 Å². The molecule has 2 aliphatic heterocycles. The highest BCUT2D eigenvalue weighted by atomic mass is 15.3. The zero-order valence-electron chi connectivity index (χ0n) is 12.6. The number of nitrogens with two attached hydrogens (primary N) is 1. The zero-order valence-corrected chi connectivity index (χ0v) is 12.6. The van der Waals surface area contributed by atoms with Gasteiger partial charge in [0.2, 0.25) is 0 Å². The molecule has 0 radical (unpaired) electrons. The SMILES string of the molecule is CCCCC(N)N1CC2CCCN2Cc2ccccc21. The molecule has 3 rings (SSSR count). The third kappa shape index (κ3) is 2.70. The summed E-state index contributed by atoms with van der Waals surface area (Å²) in [6.45, 7) is 5.68. The van der Waals surface area contributed by atoms with E-state index in [9.17, 15) is 0 Å². The van der Waals surface area contributed by atoms with Crippen molar-refractivity contribution in [3.05, 3.63) is 29.8 Å². The van der Waals surface area contributed by atoms with Crippen LogP contribution in [-0.4, -0.2) is 30.2 Å². The molecular formula is C17H27N3. The molecule has 0 aliphatic carbocycles. The van der Waals surface area contributed by atoms with Gasteiger partial charge in [0.15, 0.2) is 0 Å². The molecule has 0 spiro atoms. The van der Waals surface area contributed by atoms with Gasteiger partial charge in [0.05, 0.1) is 6.17 Å². The minimum Gasteiger partial charge on any atom is -0.354 e. The van der Waals surface area contributed by atoms with E-state index in [1.54, 1.807) is 0 Å². The molecule has 1 saturated heterocycles. The van der Waals surface area contributed by atoms with Crippen molar-refractivity contribution in [3.8, 4) is 0 Å². The molecule has 0 saturated carbocycles. The van der Waals surface area contributed by atoms with Crippen LogP contribution in [0.15, 0.2) is 24.3 Å². The van der Waals surface area contributed by atoms with Gasteiger partial charge >= 0.3 is 0 Å². The van der Waals surface area contributed by atoms with Crippen LogP contribution in [0.2, 0.25) is 0 Å². The van der Waals surface area contributed by atoms with Crippen LogP contribution in [0, 0.1) is 0 Å². The van der Waals surface area contributed by atoms with E-state index in [1.807, 2.05) is 0 Å². The molecule has 1 fully saturated rings. The van der Waals surface area contributed by atoms with Crippen LogP contribution in [0.1, 0.15) is 44.6 Å². The molecule has 1 aromatic rings. The summed E-state index contributed by atoms with van der Waals surface area (Å²) < 4.78 is 0. The number of hydrogen-bond acceptors (Lipinski definition) is 3. The normalized spacial score (nSPS) is 24.1. The lowest BCUT2D eigenvalue weighted by Gasteiger charge is -2.33. The molecule has 2 atom stereocenters. The summed E-state index contributed by atoms with van der Waals surface area (Å²) >= 11 is 0. The predicted molar refractivity (Wildman–Crippen MR) is 84.7 cm³/mol.